The molecule has 5 heteroatoms. The second-order valence-corrected chi connectivity index (χ2v) is 4.61. The molecule has 0 aliphatic heterocycles. The molecule has 5 nitrogen and oxygen atoms in total. The van der Waals surface area contributed by atoms with Crippen LogP contribution in [0.3, 0.4) is 0 Å². The lowest BCUT2D eigenvalue weighted by Crippen LogP contribution is -2.24. The van der Waals surface area contributed by atoms with Crippen LogP contribution in [0.1, 0.15) is 18.9 Å². The van der Waals surface area contributed by atoms with Crippen molar-refractivity contribution < 1.29 is 9.53 Å². The molecule has 0 aliphatic rings. The van der Waals surface area contributed by atoms with Crippen molar-refractivity contribution in [3.05, 3.63) is 60.2 Å². The predicted molar refractivity (Wildman–Crippen MR) is 88.4 cm³/mol. The molecule has 22 heavy (non-hydrogen) atoms. The van der Waals surface area contributed by atoms with Crippen molar-refractivity contribution in [1.82, 2.24) is 5.43 Å². The maximum Gasteiger partial charge on any atom is 0.339 e. The van der Waals surface area contributed by atoms with Crippen molar-refractivity contribution in [2.24, 2.45) is 5.10 Å². The first kappa shape index (κ1) is 15.6. The Morgan fingerprint density at radius 3 is 2.77 bits per heavy atom. The molecule has 0 atom stereocenters. The Morgan fingerprint density at radius 2 is 2.00 bits per heavy atom. The number of carbonyl (C=O) groups is 1. The molecule has 0 spiro atoms. The van der Waals surface area contributed by atoms with E-state index < -0.39 is 0 Å². The lowest BCUT2D eigenvalue weighted by molar-refractivity contribution is 0.252. The molecular formula is C17H19N3O2. The number of nitrogens with zero attached hydrogens (tertiary/aromatic N) is 1. The minimum atomic E-state index is -0.388. The van der Waals surface area contributed by atoms with Crippen LogP contribution in [0, 0.1) is 0 Å². The van der Waals surface area contributed by atoms with Crippen LogP contribution in [0.2, 0.25) is 0 Å². The lowest BCUT2D eigenvalue weighted by Gasteiger charge is -2.05. The number of urea groups is 1. The van der Waals surface area contributed by atoms with Gasteiger partial charge in [0, 0.05) is 5.69 Å². The van der Waals surface area contributed by atoms with Crippen molar-refractivity contribution in [2.75, 3.05) is 11.9 Å². The summed E-state index contributed by atoms with van der Waals surface area (Å²) in [5, 5.41) is 6.60. The third kappa shape index (κ3) is 5.28. The maximum atomic E-state index is 11.7. The van der Waals surface area contributed by atoms with Gasteiger partial charge in [0.2, 0.25) is 0 Å². The van der Waals surface area contributed by atoms with E-state index in [-0.39, 0.29) is 6.03 Å². The van der Waals surface area contributed by atoms with Crippen LogP contribution in [0.25, 0.3) is 0 Å². The summed E-state index contributed by atoms with van der Waals surface area (Å²) in [7, 11) is 0. The summed E-state index contributed by atoms with van der Waals surface area (Å²) in [5.74, 6) is 0.791. The van der Waals surface area contributed by atoms with E-state index in [1.165, 1.54) is 0 Å². The fourth-order valence-electron chi connectivity index (χ4n) is 1.75. The van der Waals surface area contributed by atoms with E-state index in [9.17, 15) is 4.79 Å². The minimum Gasteiger partial charge on any atom is -0.494 e. The average Bonchev–Trinajstić information content (AvgIpc) is 2.54. The molecule has 0 bridgehead atoms. The van der Waals surface area contributed by atoms with E-state index in [1.54, 1.807) is 18.3 Å². The number of hydrogen-bond acceptors (Lipinski definition) is 3. The summed E-state index contributed by atoms with van der Waals surface area (Å²) >= 11 is 0. The highest BCUT2D eigenvalue weighted by atomic mass is 16.5. The van der Waals surface area contributed by atoms with Crippen LogP contribution in [-0.4, -0.2) is 18.9 Å². The number of anilines is 1. The Balaban J connectivity index is 1.85. The first-order valence-electron chi connectivity index (χ1n) is 7.16. The van der Waals surface area contributed by atoms with Gasteiger partial charge in [0.15, 0.2) is 0 Å². The van der Waals surface area contributed by atoms with Gasteiger partial charge in [-0.25, -0.2) is 10.2 Å². The summed E-state index contributed by atoms with van der Waals surface area (Å²) in [6, 6.07) is 16.3. The zero-order chi connectivity index (χ0) is 15.6. The summed E-state index contributed by atoms with van der Waals surface area (Å²) in [6.07, 6.45) is 2.53. The molecule has 2 amide bonds. The maximum absolute atomic E-state index is 11.7. The van der Waals surface area contributed by atoms with Gasteiger partial charge in [0.05, 0.1) is 12.8 Å². The summed E-state index contributed by atoms with van der Waals surface area (Å²) < 4.78 is 5.54. The van der Waals surface area contributed by atoms with E-state index in [2.05, 4.69) is 22.8 Å². The molecular weight excluding hydrogens is 278 g/mol. The zero-order valence-corrected chi connectivity index (χ0v) is 12.5. The molecule has 2 aromatic rings. The number of benzene rings is 2. The average molecular weight is 297 g/mol. The molecule has 2 rings (SSSR count). The summed E-state index contributed by atoms with van der Waals surface area (Å²) in [4.78, 5) is 11.7. The van der Waals surface area contributed by atoms with E-state index in [1.807, 2.05) is 42.5 Å². The summed E-state index contributed by atoms with van der Waals surface area (Å²) in [6.45, 7) is 2.74. The van der Waals surface area contributed by atoms with Gasteiger partial charge in [-0.2, -0.15) is 5.10 Å². The molecule has 0 radical (unpaired) electrons. The van der Waals surface area contributed by atoms with Crippen molar-refractivity contribution in [3.8, 4) is 5.75 Å². The number of para-hydroxylation sites is 1. The van der Waals surface area contributed by atoms with E-state index >= 15 is 0 Å². The molecule has 0 aromatic heterocycles. The number of hydrazone groups is 1. The molecule has 0 saturated carbocycles. The Morgan fingerprint density at radius 1 is 1.18 bits per heavy atom. The number of hydrogen-bond donors (Lipinski definition) is 2. The van der Waals surface area contributed by atoms with Crippen LogP contribution >= 0.6 is 0 Å². The Hall–Kier alpha value is -2.82. The number of carbonyl (C=O) groups excluding carboxylic acids is 1. The number of amides is 2. The molecule has 2 aromatic carbocycles. The number of ether oxygens (including phenoxy) is 1. The Bertz CT molecular complexity index is 627. The third-order valence-electron chi connectivity index (χ3n) is 2.74. The fraction of sp³-hybridized carbons (Fsp3) is 0.176. The Kier molecular flexibility index (Phi) is 5.99. The Labute approximate surface area is 130 Å². The molecule has 114 valence electrons. The van der Waals surface area contributed by atoms with Gasteiger partial charge in [0.1, 0.15) is 5.75 Å². The largest absolute Gasteiger partial charge is 0.494 e. The standard InChI is InChI=1S/C17H19N3O2/c1-2-11-22-16-10-6-7-14(12-16)13-18-20-17(21)19-15-8-4-3-5-9-15/h3-10,12-13H,2,11H2,1H3,(H2,19,20,21)/b18-13+. The summed E-state index contributed by atoms with van der Waals surface area (Å²) in [5.41, 5.74) is 3.99. The highest BCUT2D eigenvalue weighted by Crippen LogP contribution is 2.12. The number of rotatable bonds is 6. The fourth-order valence-corrected chi connectivity index (χ4v) is 1.75. The van der Waals surface area contributed by atoms with Crippen molar-refractivity contribution in [1.29, 1.82) is 0 Å². The van der Waals surface area contributed by atoms with Crippen molar-refractivity contribution in [2.45, 2.75) is 13.3 Å². The first-order valence-corrected chi connectivity index (χ1v) is 7.16. The van der Waals surface area contributed by atoms with Gasteiger partial charge < -0.3 is 10.1 Å². The van der Waals surface area contributed by atoms with Gasteiger partial charge in [-0.05, 0) is 36.2 Å². The highest BCUT2D eigenvalue weighted by molar-refractivity contribution is 5.90. The second-order valence-electron chi connectivity index (χ2n) is 4.61. The van der Waals surface area contributed by atoms with Crippen LogP contribution in [0.5, 0.6) is 5.75 Å². The highest BCUT2D eigenvalue weighted by Gasteiger charge is 1.98. The van der Waals surface area contributed by atoms with Crippen molar-refractivity contribution in [3.63, 3.8) is 0 Å². The molecule has 0 saturated heterocycles. The van der Waals surface area contributed by atoms with E-state index in [0.717, 1.165) is 17.7 Å². The minimum absolute atomic E-state index is 0.388. The normalized spacial score (nSPS) is 10.4. The van der Waals surface area contributed by atoms with Gasteiger partial charge in [0.25, 0.3) is 0 Å². The van der Waals surface area contributed by atoms with Gasteiger partial charge in [-0.15, -0.1) is 0 Å². The monoisotopic (exact) mass is 297 g/mol. The number of nitrogens with one attached hydrogen (secondary N) is 2. The smallest absolute Gasteiger partial charge is 0.339 e. The topological polar surface area (TPSA) is 62.7 Å². The molecule has 0 fully saturated rings. The third-order valence-corrected chi connectivity index (χ3v) is 2.74. The van der Waals surface area contributed by atoms with Crippen LogP contribution in [0.4, 0.5) is 10.5 Å². The molecule has 0 aliphatic carbocycles. The predicted octanol–water partition coefficient (Wildman–Crippen LogP) is 3.63. The van der Waals surface area contributed by atoms with E-state index in [0.29, 0.717) is 12.3 Å². The zero-order valence-electron chi connectivity index (χ0n) is 12.5. The van der Waals surface area contributed by atoms with Gasteiger partial charge in [-0.1, -0.05) is 37.3 Å². The van der Waals surface area contributed by atoms with Crippen molar-refractivity contribution >= 4 is 17.9 Å². The molecule has 0 heterocycles. The second kappa shape index (κ2) is 8.46. The molecule has 0 unspecified atom stereocenters. The quantitative estimate of drug-likeness (QED) is 0.631. The van der Waals surface area contributed by atoms with Crippen LogP contribution in [0.15, 0.2) is 59.7 Å². The van der Waals surface area contributed by atoms with Gasteiger partial charge >= 0.3 is 6.03 Å². The van der Waals surface area contributed by atoms with Crippen LogP contribution in [-0.2, 0) is 0 Å². The first-order chi connectivity index (χ1) is 10.8. The van der Waals surface area contributed by atoms with Gasteiger partial charge in [-0.3, -0.25) is 0 Å². The SMILES string of the molecule is CCCOc1cccc(/C=N/NC(=O)Nc2ccccc2)c1. The molecule has 2 N–H and O–H groups in total. The van der Waals surface area contributed by atoms with Crippen LogP contribution < -0.4 is 15.5 Å². The van der Waals surface area contributed by atoms with E-state index in [4.69, 9.17) is 4.74 Å². The lowest BCUT2D eigenvalue weighted by atomic mass is 10.2.